The summed E-state index contributed by atoms with van der Waals surface area (Å²) in [6, 6.07) is 1.48. The van der Waals surface area contributed by atoms with E-state index in [4.69, 9.17) is 21.8 Å². The van der Waals surface area contributed by atoms with Gasteiger partial charge in [-0.1, -0.05) is 11.6 Å². The molecule has 2 rings (SSSR count). The molecule has 1 aromatic heterocycles. The largest absolute Gasteiger partial charge is 0.480 e. The SMILES string of the molecule is O=C(N[C@@H]1C[C@@H](C(=O)O)N(C(=O)O)C1)c1ccc(Cl)s1. The van der Waals surface area contributed by atoms with Crippen molar-refractivity contribution < 1.29 is 24.6 Å². The number of hydrogen-bond acceptors (Lipinski definition) is 4. The predicted molar refractivity (Wildman–Crippen MR) is 71.4 cm³/mol. The van der Waals surface area contributed by atoms with Crippen LogP contribution in [0.1, 0.15) is 16.1 Å². The fourth-order valence-electron chi connectivity index (χ4n) is 2.08. The molecule has 0 aliphatic carbocycles. The van der Waals surface area contributed by atoms with Gasteiger partial charge in [0.15, 0.2) is 0 Å². The molecule has 0 radical (unpaired) electrons. The van der Waals surface area contributed by atoms with Crippen LogP contribution in [0.5, 0.6) is 0 Å². The van der Waals surface area contributed by atoms with Gasteiger partial charge in [-0.25, -0.2) is 9.59 Å². The highest BCUT2D eigenvalue weighted by Gasteiger charge is 2.40. The molecule has 108 valence electrons. The van der Waals surface area contributed by atoms with E-state index in [9.17, 15) is 14.4 Å². The second kappa shape index (κ2) is 5.68. The number of carboxylic acid groups (broad SMARTS) is 2. The van der Waals surface area contributed by atoms with Crippen LogP contribution in [0.3, 0.4) is 0 Å². The van der Waals surface area contributed by atoms with Crippen LogP contribution in [-0.2, 0) is 4.79 Å². The van der Waals surface area contributed by atoms with E-state index in [-0.39, 0.29) is 18.9 Å². The summed E-state index contributed by atoms with van der Waals surface area (Å²) in [5, 5.41) is 20.5. The molecular weight excluding hydrogens is 308 g/mol. The molecule has 9 heteroatoms. The molecule has 1 aliphatic rings. The number of nitrogens with zero attached hydrogens (tertiary/aromatic N) is 1. The Morgan fingerprint density at radius 3 is 2.50 bits per heavy atom. The van der Waals surface area contributed by atoms with E-state index in [0.29, 0.717) is 9.21 Å². The number of nitrogens with one attached hydrogen (secondary N) is 1. The molecule has 1 fully saturated rings. The van der Waals surface area contributed by atoms with Crippen molar-refractivity contribution in [2.45, 2.75) is 18.5 Å². The minimum atomic E-state index is -1.31. The van der Waals surface area contributed by atoms with Gasteiger partial charge in [0.1, 0.15) is 6.04 Å². The van der Waals surface area contributed by atoms with Crippen molar-refractivity contribution in [2.75, 3.05) is 6.54 Å². The van der Waals surface area contributed by atoms with Gasteiger partial charge in [0, 0.05) is 19.0 Å². The maximum atomic E-state index is 11.9. The smallest absolute Gasteiger partial charge is 0.408 e. The Labute approximate surface area is 122 Å². The maximum Gasteiger partial charge on any atom is 0.408 e. The highest BCUT2D eigenvalue weighted by Crippen LogP contribution is 2.23. The van der Waals surface area contributed by atoms with Crippen molar-refractivity contribution >= 4 is 40.9 Å². The number of carbonyl (C=O) groups is 3. The summed E-state index contributed by atoms with van der Waals surface area (Å²) in [5.41, 5.74) is 0. The van der Waals surface area contributed by atoms with Crippen molar-refractivity contribution in [2.24, 2.45) is 0 Å². The fraction of sp³-hybridized carbons (Fsp3) is 0.364. The summed E-state index contributed by atoms with van der Waals surface area (Å²) in [6.45, 7) is -0.0445. The van der Waals surface area contributed by atoms with Gasteiger partial charge in [0.25, 0.3) is 5.91 Å². The quantitative estimate of drug-likeness (QED) is 0.779. The van der Waals surface area contributed by atoms with Crippen molar-refractivity contribution in [1.82, 2.24) is 10.2 Å². The molecular formula is C11H11ClN2O5S. The van der Waals surface area contributed by atoms with Gasteiger partial charge >= 0.3 is 12.1 Å². The summed E-state index contributed by atoms with van der Waals surface area (Å²) in [7, 11) is 0. The summed E-state index contributed by atoms with van der Waals surface area (Å²) in [5.74, 6) is -1.61. The van der Waals surface area contributed by atoms with Crippen LogP contribution in [0, 0.1) is 0 Å². The first-order valence-electron chi connectivity index (χ1n) is 5.67. The summed E-state index contributed by atoms with van der Waals surface area (Å²) in [6.07, 6.45) is -1.26. The number of halogens is 1. The Balaban J connectivity index is 2.03. The van der Waals surface area contributed by atoms with E-state index >= 15 is 0 Å². The van der Waals surface area contributed by atoms with E-state index < -0.39 is 24.1 Å². The third-order valence-electron chi connectivity index (χ3n) is 2.96. The molecule has 2 amide bonds. The number of carboxylic acids is 1. The number of thiophene rings is 1. The van der Waals surface area contributed by atoms with Crippen molar-refractivity contribution in [3.63, 3.8) is 0 Å². The lowest BCUT2D eigenvalue weighted by Crippen LogP contribution is -2.40. The van der Waals surface area contributed by atoms with E-state index in [2.05, 4.69) is 5.32 Å². The first kappa shape index (κ1) is 14.6. The summed E-state index contributed by atoms with van der Waals surface area (Å²) in [4.78, 5) is 35.1. The summed E-state index contributed by atoms with van der Waals surface area (Å²) < 4.78 is 0.470. The van der Waals surface area contributed by atoms with Crippen LogP contribution in [0.2, 0.25) is 4.34 Å². The molecule has 1 aromatic rings. The zero-order chi connectivity index (χ0) is 14.9. The molecule has 0 bridgehead atoms. The van der Waals surface area contributed by atoms with Gasteiger partial charge in [-0.3, -0.25) is 9.69 Å². The average Bonchev–Trinajstić information content (AvgIpc) is 2.95. The highest BCUT2D eigenvalue weighted by molar-refractivity contribution is 7.17. The van der Waals surface area contributed by atoms with Crippen LogP contribution in [-0.4, -0.2) is 51.7 Å². The molecule has 0 aromatic carbocycles. The predicted octanol–water partition coefficient (Wildman–Crippen LogP) is 1.34. The van der Waals surface area contributed by atoms with Gasteiger partial charge < -0.3 is 15.5 Å². The van der Waals surface area contributed by atoms with Gasteiger partial charge in [0.05, 0.1) is 9.21 Å². The van der Waals surface area contributed by atoms with Gasteiger partial charge in [-0.05, 0) is 12.1 Å². The molecule has 3 N–H and O–H groups in total. The molecule has 0 unspecified atom stereocenters. The van der Waals surface area contributed by atoms with Crippen molar-refractivity contribution in [3.8, 4) is 0 Å². The van der Waals surface area contributed by atoms with E-state index in [0.717, 1.165) is 16.2 Å². The third-order valence-corrected chi connectivity index (χ3v) is 4.19. The van der Waals surface area contributed by atoms with Crippen LogP contribution in [0.4, 0.5) is 4.79 Å². The lowest BCUT2D eigenvalue weighted by Gasteiger charge is -2.16. The maximum absolute atomic E-state index is 11.9. The average molecular weight is 319 g/mol. The van der Waals surface area contributed by atoms with Crippen molar-refractivity contribution in [3.05, 3.63) is 21.3 Å². The Morgan fingerprint density at radius 1 is 1.35 bits per heavy atom. The molecule has 1 aliphatic heterocycles. The Morgan fingerprint density at radius 2 is 2.05 bits per heavy atom. The number of hydrogen-bond donors (Lipinski definition) is 3. The molecule has 1 saturated heterocycles. The number of amides is 2. The number of rotatable bonds is 3. The monoisotopic (exact) mass is 318 g/mol. The molecule has 2 atom stereocenters. The number of aliphatic carboxylic acids is 1. The van der Waals surface area contributed by atoms with E-state index in [1.165, 1.54) is 0 Å². The Hall–Kier alpha value is -1.80. The zero-order valence-electron chi connectivity index (χ0n) is 10.1. The van der Waals surface area contributed by atoms with Crippen molar-refractivity contribution in [1.29, 1.82) is 0 Å². The normalized spacial score (nSPS) is 21.8. The first-order valence-corrected chi connectivity index (χ1v) is 6.86. The second-order valence-electron chi connectivity index (χ2n) is 4.30. The molecule has 0 spiro atoms. The minimum absolute atomic E-state index is 0.0445. The zero-order valence-corrected chi connectivity index (χ0v) is 11.6. The molecule has 20 heavy (non-hydrogen) atoms. The minimum Gasteiger partial charge on any atom is -0.480 e. The second-order valence-corrected chi connectivity index (χ2v) is 6.01. The first-order chi connectivity index (χ1) is 9.38. The number of likely N-dealkylation sites (tertiary alicyclic amines) is 1. The number of carbonyl (C=O) groups excluding carboxylic acids is 1. The standard InChI is InChI=1S/C11H11ClN2O5S/c12-8-2-1-7(20-8)9(15)13-5-3-6(10(16)17)14(4-5)11(18)19/h1-2,5-6H,3-4H2,(H,13,15)(H,16,17)(H,18,19)/t5-,6+/m1/s1. The van der Waals surface area contributed by atoms with Gasteiger partial charge in [0.2, 0.25) is 0 Å². The molecule has 0 saturated carbocycles. The Bertz CT molecular complexity index is 539. The van der Waals surface area contributed by atoms with Crippen LogP contribution in [0.15, 0.2) is 12.1 Å². The summed E-state index contributed by atoms with van der Waals surface area (Å²) >= 11 is 6.83. The highest BCUT2D eigenvalue weighted by atomic mass is 35.5. The van der Waals surface area contributed by atoms with Gasteiger partial charge in [-0.2, -0.15) is 0 Å². The van der Waals surface area contributed by atoms with E-state index in [1.807, 2.05) is 0 Å². The van der Waals surface area contributed by atoms with Crippen LogP contribution in [0.25, 0.3) is 0 Å². The molecule has 7 nitrogen and oxygen atoms in total. The lowest BCUT2D eigenvalue weighted by atomic mass is 10.1. The molecule has 2 heterocycles. The van der Waals surface area contributed by atoms with E-state index in [1.54, 1.807) is 12.1 Å². The lowest BCUT2D eigenvalue weighted by molar-refractivity contribution is -0.141. The third kappa shape index (κ3) is 3.02. The van der Waals surface area contributed by atoms with Crippen LogP contribution >= 0.6 is 22.9 Å². The Kier molecular flexibility index (Phi) is 4.15. The van der Waals surface area contributed by atoms with Gasteiger partial charge in [-0.15, -0.1) is 11.3 Å². The van der Waals surface area contributed by atoms with Crippen LogP contribution < -0.4 is 5.32 Å². The fourth-order valence-corrected chi connectivity index (χ4v) is 3.03. The topological polar surface area (TPSA) is 107 Å².